The van der Waals surface area contributed by atoms with E-state index in [1.165, 1.54) is 34.0 Å². The number of ether oxygens (including phenoxy) is 1. The number of hydrogen-bond acceptors (Lipinski definition) is 6. The van der Waals surface area contributed by atoms with Gasteiger partial charge in [-0.05, 0) is 43.4 Å². The second-order valence-electron chi connectivity index (χ2n) is 6.57. The fraction of sp³-hybridized carbons (Fsp3) is 0.286. The summed E-state index contributed by atoms with van der Waals surface area (Å²) in [6.07, 6.45) is 5.33. The molecule has 1 aliphatic rings. The number of anilines is 1. The van der Waals surface area contributed by atoms with Gasteiger partial charge < -0.3 is 10.1 Å². The Bertz CT molecular complexity index is 1060. The highest BCUT2D eigenvalue weighted by Gasteiger charge is 2.22. The van der Waals surface area contributed by atoms with Crippen molar-refractivity contribution >= 4 is 33.6 Å². The van der Waals surface area contributed by atoms with Crippen LogP contribution in [0.2, 0.25) is 0 Å². The van der Waals surface area contributed by atoms with Crippen LogP contribution in [0.4, 0.5) is 5.00 Å². The molecule has 7 heteroatoms. The van der Waals surface area contributed by atoms with Crippen molar-refractivity contribution in [1.82, 2.24) is 4.98 Å². The van der Waals surface area contributed by atoms with Crippen LogP contribution in [0.3, 0.4) is 0 Å². The number of hydrogen-bond donors (Lipinski definition) is 1. The number of aromatic nitrogens is 1. The van der Waals surface area contributed by atoms with Gasteiger partial charge in [0.2, 0.25) is 0 Å². The molecule has 0 atom stereocenters. The number of fused-ring (bicyclic) bond motifs is 1. The van der Waals surface area contributed by atoms with Crippen LogP contribution in [0, 0.1) is 11.3 Å². The number of nitriles is 1. The molecule has 1 N–H and O–H groups in total. The van der Waals surface area contributed by atoms with E-state index < -0.39 is 0 Å². The van der Waals surface area contributed by atoms with E-state index in [0.717, 1.165) is 47.6 Å². The van der Waals surface area contributed by atoms with Crippen LogP contribution in [0.15, 0.2) is 29.6 Å². The van der Waals surface area contributed by atoms with E-state index in [1.807, 2.05) is 24.3 Å². The minimum atomic E-state index is -0.287. The zero-order valence-electron chi connectivity index (χ0n) is 15.4. The van der Waals surface area contributed by atoms with Crippen molar-refractivity contribution in [3.8, 4) is 22.4 Å². The smallest absolute Gasteiger partial charge is 0.275 e. The molecule has 0 bridgehead atoms. The third-order valence-electron chi connectivity index (χ3n) is 4.83. The Balaban J connectivity index is 1.59. The average Bonchev–Trinajstić information content (AvgIpc) is 3.26. The largest absolute Gasteiger partial charge is 0.496 e. The lowest BCUT2D eigenvalue weighted by molar-refractivity contribution is 0.102. The van der Waals surface area contributed by atoms with Crippen LogP contribution < -0.4 is 10.1 Å². The molecule has 142 valence electrons. The standard InChI is InChI=1S/C21H19N3O2S2/c1-26-17-9-6-5-8-14(17)20-23-16(12-27-20)19(25)24-21-15(11-22)13-7-3-2-4-10-18(13)28-21/h5-6,8-9,12H,2-4,7,10H2,1H3,(H,24,25). The van der Waals surface area contributed by atoms with Crippen LogP contribution >= 0.6 is 22.7 Å². The molecule has 0 spiro atoms. The van der Waals surface area contributed by atoms with Crippen LogP contribution in [-0.4, -0.2) is 18.0 Å². The van der Waals surface area contributed by atoms with Gasteiger partial charge in [-0.1, -0.05) is 18.6 Å². The third-order valence-corrected chi connectivity index (χ3v) is 6.92. The molecule has 28 heavy (non-hydrogen) atoms. The van der Waals surface area contributed by atoms with Crippen LogP contribution in [-0.2, 0) is 12.8 Å². The molecule has 0 saturated carbocycles. The van der Waals surface area contributed by atoms with Gasteiger partial charge >= 0.3 is 0 Å². The van der Waals surface area contributed by atoms with Gasteiger partial charge in [0.15, 0.2) is 0 Å². The quantitative estimate of drug-likeness (QED) is 0.596. The predicted octanol–water partition coefficient (Wildman–Crippen LogP) is 5.27. The van der Waals surface area contributed by atoms with Gasteiger partial charge in [-0.2, -0.15) is 5.26 Å². The fourth-order valence-electron chi connectivity index (χ4n) is 3.44. The number of thiophene rings is 1. The molecule has 1 amide bonds. The van der Waals surface area contributed by atoms with Crippen LogP contribution in [0.1, 0.15) is 45.8 Å². The van der Waals surface area contributed by atoms with E-state index in [4.69, 9.17) is 4.74 Å². The average molecular weight is 410 g/mol. The molecule has 0 fully saturated rings. The maximum Gasteiger partial charge on any atom is 0.275 e. The number of nitrogens with zero attached hydrogens (tertiary/aromatic N) is 2. The molecule has 1 aromatic carbocycles. The molecule has 0 radical (unpaired) electrons. The number of methoxy groups -OCH3 is 1. The van der Waals surface area contributed by atoms with E-state index >= 15 is 0 Å². The Morgan fingerprint density at radius 3 is 2.89 bits per heavy atom. The zero-order valence-corrected chi connectivity index (χ0v) is 17.1. The molecule has 4 rings (SSSR count). The van der Waals surface area contributed by atoms with Crippen LogP contribution in [0.25, 0.3) is 10.6 Å². The maximum atomic E-state index is 12.8. The molecular weight excluding hydrogens is 390 g/mol. The number of para-hydroxylation sites is 1. The minimum Gasteiger partial charge on any atom is -0.496 e. The summed E-state index contributed by atoms with van der Waals surface area (Å²) in [5.74, 6) is 0.433. The van der Waals surface area contributed by atoms with Gasteiger partial charge in [0.05, 0.1) is 18.2 Å². The number of carbonyl (C=O) groups is 1. The second kappa shape index (κ2) is 8.13. The first-order valence-corrected chi connectivity index (χ1v) is 10.9. The Morgan fingerprint density at radius 2 is 2.07 bits per heavy atom. The number of aryl methyl sites for hydroxylation is 1. The first kappa shape index (κ1) is 18.7. The van der Waals surface area contributed by atoms with E-state index in [9.17, 15) is 10.1 Å². The Morgan fingerprint density at radius 1 is 1.25 bits per heavy atom. The summed E-state index contributed by atoms with van der Waals surface area (Å²) in [7, 11) is 1.62. The summed E-state index contributed by atoms with van der Waals surface area (Å²) in [5, 5.41) is 15.7. The van der Waals surface area contributed by atoms with Gasteiger partial charge in [0.25, 0.3) is 5.91 Å². The van der Waals surface area contributed by atoms with E-state index in [1.54, 1.807) is 12.5 Å². The monoisotopic (exact) mass is 409 g/mol. The van der Waals surface area contributed by atoms with Gasteiger partial charge in [-0.25, -0.2) is 4.98 Å². The van der Waals surface area contributed by atoms with Crippen molar-refractivity contribution in [2.24, 2.45) is 0 Å². The molecule has 2 heterocycles. The van der Waals surface area contributed by atoms with Crippen molar-refractivity contribution in [2.45, 2.75) is 32.1 Å². The van der Waals surface area contributed by atoms with Crippen molar-refractivity contribution in [1.29, 1.82) is 5.26 Å². The molecule has 2 aromatic heterocycles. The first-order valence-electron chi connectivity index (χ1n) is 9.16. The minimum absolute atomic E-state index is 0.287. The maximum absolute atomic E-state index is 12.8. The Labute approximate surface area is 171 Å². The number of nitrogens with one attached hydrogen (secondary N) is 1. The van der Waals surface area contributed by atoms with Crippen molar-refractivity contribution in [2.75, 3.05) is 12.4 Å². The lowest BCUT2D eigenvalue weighted by Gasteiger charge is -2.04. The molecule has 0 saturated heterocycles. The Hall–Kier alpha value is -2.69. The van der Waals surface area contributed by atoms with Crippen LogP contribution in [0.5, 0.6) is 5.75 Å². The second-order valence-corrected chi connectivity index (χ2v) is 8.54. The summed E-state index contributed by atoms with van der Waals surface area (Å²) < 4.78 is 5.38. The number of rotatable bonds is 4. The van der Waals surface area contributed by atoms with Crippen molar-refractivity contribution in [3.05, 3.63) is 51.3 Å². The fourth-order valence-corrected chi connectivity index (χ4v) is 5.50. The topological polar surface area (TPSA) is 75.0 Å². The first-order chi connectivity index (χ1) is 13.7. The Kier molecular flexibility index (Phi) is 5.42. The van der Waals surface area contributed by atoms with Crippen molar-refractivity contribution in [3.63, 3.8) is 0 Å². The summed E-state index contributed by atoms with van der Waals surface area (Å²) in [6.45, 7) is 0. The highest BCUT2D eigenvalue weighted by molar-refractivity contribution is 7.16. The summed E-state index contributed by atoms with van der Waals surface area (Å²) >= 11 is 2.93. The molecule has 5 nitrogen and oxygen atoms in total. The molecule has 0 unspecified atom stereocenters. The highest BCUT2D eigenvalue weighted by Crippen LogP contribution is 2.37. The number of amides is 1. The van der Waals surface area contributed by atoms with Gasteiger partial charge in [0, 0.05) is 10.3 Å². The lowest BCUT2D eigenvalue weighted by atomic mass is 10.1. The number of benzene rings is 1. The summed E-state index contributed by atoms with van der Waals surface area (Å²) in [4.78, 5) is 18.5. The highest BCUT2D eigenvalue weighted by atomic mass is 32.1. The lowest BCUT2D eigenvalue weighted by Crippen LogP contribution is -2.12. The van der Waals surface area contributed by atoms with Gasteiger partial charge in [-0.15, -0.1) is 22.7 Å². The van der Waals surface area contributed by atoms with E-state index in [0.29, 0.717) is 16.3 Å². The molecule has 1 aliphatic carbocycles. The summed E-state index contributed by atoms with van der Waals surface area (Å²) in [6, 6.07) is 9.90. The molecule has 3 aromatic rings. The summed E-state index contributed by atoms with van der Waals surface area (Å²) in [5.41, 5.74) is 2.94. The normalized spacial score (nSPS) is 13.3. The predicted molar refractivity (Wildman–Crippen MR) is 112 cm³/mol. The van der Waals surface area contributed by atoms with Gasteiger partial charge in [0.1, 0.15) is 27.5 Å². The molecular formula is C21H19N3O2S2. The SMILES string of the molecule is COc1ccccc1-c1nc(C(=O)Nc2sc3c(c2C#N)CCCCC3)cs1. The van der Waals surface area contributed by atoms with E-state index in [2.05, 4.69) is 16.4 Å². The number of thiazole rings is 1. The zero-order chi connectivity index (χ0) is 19.5. The third kappa shape index (κ3) is 3.53. The van der Waals surface area contributed by atoms with Crippen molar-refractivity contribution < 1.29 is 9.53 Å². The van der Waals surface area contributed by atoms with Gasteiger partial charge in [-0.3, -0.25) is 4.79 Å². The number of carbonyl (C=O) groups excluding carboxylic acids is 1. The van der Waals surface area contributed by atoms with E-state index in [-0.39, 0.29) is 5.91 Å². The molecule has 0 aliphatic heterocycles.